The summed E-state index contributed by atoms with van der Waals surface area (Å²) >= 11 is 0. The number of hydrogen-bond donors (Lipinski definition) is 2. The first kappa shape index (κ1) is 18.9. The summed E-state index contributed by atoms with van der Waals surface area (Å²) in [7, 11) is 0. The van der Waals surface area contributed by atoms with Gasteiger partial charge in [-0.3, -0.25) is 9.97 Å². The summed E-state index contributed by atoms with van der Waals surface area (Å²) in [5.74, 6) is -0.123. The fourth-order valence-electron chi connectivity index (χ4n) is 4.67. The number of halogens is 1. The quantitative estimate of drug-likeness (QED) is 0.688. The minimum absolute atomic E-state index is 0.0857. The van der Waals surface area contributed by atoms with Crippen molar-refractivity contribution in [2.24, 2.45) is 5.92 Å². The number of hydrogen-bond acceptors (Lipinski definition) is 5. The van der Waals surface area contributed by atoms with E-state index in [-0.39, 0.29) is 17.7 Å². The molecule has 2 unspecified atom stereocenters. The topological polar surface area (TPSA) is 75.9 Å². The molecule has 0 amide bonds. The van der Waals surface area contributed by atoms with Gasteiger partial charge in [0.05, 0.1) is 35.8 Å². The molecule has 154 valence electrons. The Morgan fingerprint density at radius 1 is 1.23 bits per heavy atom. The molecule has 0 radical (unpaired) electrons. The van der Waals surface area contributed by atoms with E-state index in [1.54, 1.807) is 37.1 Å². The van der Waals surface area contributed by atoms with Gasteiger partial charge in [-0.25, -0.2) is 9.37 Å². The number of rotatable bonds is 4. The number of benzene rings is 1. The van der Waals surface area contributed by atoms with Crippen molar-refractivity contribution >= 4 is 5.57 Å². The van der Waals surface area contributed by atoms with E-state index in [1.807, 2.05) is 16.8 Å². The van der Waals surface area contributed by atoms with Crippen molar-refractivity contribution in [1.29, 1.82) is 0 Å². The zero-order chi connectivity index (χ0) is 20.7. The Morgan fingerprint density at radius 3 is 2.87 bits per heavy atom. The van der Waals surface area contributed by atoms with Crippen LogP contribution in [0.25, 0.3) is 22.5 Å². The molecule has 7 heteroatoms. The summed E-state index contributed by atoms with van der Waals surface area (Å²) in [4.78, 5) is 13.0. The molecular formula is C23H24FN5O. The van der Waals surface area contributed by atoms with Gasteiger partial charge in [-0.05, 0) is 37.0 Å². The second-order valence-corrected chi connectivity index (χ2v) is 8.17. The van der Waals surface area contributed by atoms with Gasteiger partial charge in [0.25, 0.3) is 0 Å². The van der Waals surface area contributed by atoms with Gasteiger partial charge in [0.1, 0.15) is 11.9 Å². The SMILES string of the molecule is C=C(c1cnc(-c2ccc(-n3ccnc3)cc2O)cn1)[C@@H]1CC2CCCC(N2)[C@@H]1F. The highest BCUT2D eigenvalue weighted by molar-refractivity contribution is 5.69. The van der Waals surface area contributed by atoms with E-state index in [4.69, 9.17) is 0 Å². The standard InChI is InChI=1S/C23H24FN5O/c1-14(18-9-15-3-2-4-19(28-15)23(18)24)20-11-27-21(12-26-20)17-6-5-16(10-22(17)30)29-8-7-25-13-29/h5-8,10-13,15,18-19,23,28,30H,1-4,9H2/t15?,18-,19?,23+/m0/s1. The molecule has 0 aliphatic carbocycles. The average Bonchev–Trinajstić information content (AvgIpc) is 3.31. The van der Waals surface area contributed by atoms with E-state index in [0.717, 1.165) is 31.4 Å². The van der Waals surface area contributed by atoms with Crippen LogP contribution in [0, 0.1) is 5.92 Å². The van der Waals surface area contributed by atoms with Crippen LogP contribution in [0.4, 0.5) is 4.39 Å². The Labute approximate surface area is 174 Å². The Morgan fingerprint density at radius 2 is 2.13 bits per heavy atom. The lowest BCUT2D eigenvalue weighted by atomic mass is 9.75. The van der Waals surface area contributed by atoms with Crippen LogP contribution >= 0.6 is 0 Å². The van der Waals surface area contributed by atoms with Gasteiger partial charge in [0.15, 0.2) is 0 Å². The van der Waals surface area contributed by atoms with Gasteiger partial charge >= 0.3 is 0 Å². The van der Waals surface area contributed by atoms with Crippen LogP contribution in [0.2, 0.25) is 0 Å². The fraction of sp³-hybridized carbons (Fsp3) is 0.348. The van der Waals surface area contributed by atoms with Gasteiger partial charge in [0.2, 0.25) is 0 Å². The lowest BCUT2D eigenvalue weighted by Gasteiger charge is -2.43. The minimum atomic E-state index is -0.949. The number of fused-ring (bicyclic) bond motifs is 2. The summed E-state index contributed by atoms with van der Waals surface area (Å²) < 4.78 is 16.8. The van der Waals surface area contributed by atoms with Crippen molar-refractivity contribution in [2.45, 2.75) is 43.9 Å². The first-order chi connectivity index (χ1) is 14.6. The first-order valence-corrected chi connectivity index (χ1v) is 10.3. The molecule has 2 aliphatic rings. The molecule has 5 rings (SSSR count). The molecule has 2 bridgehead atoms. The molecule has 2 fully saturated rings. The number of piperidine rings is 2. The van der Waals surface area contributed by atoms with E-state index in [0.29, 0.717) is 28.6 Å². The molecule has 0 spiro atoms. The molecular weight excluding hydrogens is 381 g/mol. The third kappa shape index (κ3) is 3.39. The number of nitrogens with one attached hydrogen (secondary N) is 1. The van der Waals surface area contributed by atoms with Crippen LogP contribution in [-0.4, -0.2) is 42.9 Å². The summed E-state index contributed by atoms with van der Waals surface area (Å²) in [6.45, 7) is 4.16. The molecule has 2 saturated heterocycles. The van der Waals surface area contributed by atoms with Crippen molar-refractivity contribution in [3.63, 3.8) is 0 Å². The van der Waals surface area contributed by atoms with Crippen LogP contribution in [0.5, 0.6) is 5.75 Å². The van der Waals surface area contributed by atoms with Gasteiger partial charge < -0.3 is 15.0 Å². The largest absolute Gasteiger partial charge is 0.507 e. The van der Waals surface area contributed by atoms with Gasteiger partial charge in [-0.2, -0.15) is 0 Å². The molecule has 6 nitrogen and oxygen atoms in total. The third-order valence-corrected chi connectivity index (χ3v) is 6.31. The lowest BCUT2D eigenvalue weighted by Crippen LogP contribution is -2.55. The third-order valence-electron chi connectivity index (χ3n) is 6.31. The fourth-order valence-corrected chi connectivity index (χ4v) is 4.67. The zero-order valence-corrected chi connectivity index (χ0v) is 16.6. The zero-order valence-electron chi connectivity index (χ0n) is 16.6. The van der Waals surface area contributed by atoms with Crippen LogP contribution < -0.4 is 5.32 Å². The number of phenolic OH excluding ortho intramolecular Hbond substituents is 1. The second kappa shape index (κ2) is 7.65. The Bertz CT molecular complexity index is 1050. The average molecular weight is 405 g/mol. The number of aromatic hydroxyl groups is 1. The van der Waals surface area contributed by atoms with E-state index in [9.17, 15) is 9.50 Å². The lowest BCUT2D eigenvalue weighted by molar-refractivity contribution is 0.0982. The Kier molecular flexibility index (Phi) is 4.83. The first-order valence-electron chi connectivity index (χ1n) is 10.3. The van der Waals surface area contributed by atoms with Crippen molar-refractivity contribution in [3.8, 4) is 22.7 Å². The van der Waals surface area contributed by atoms with Gasteiger partial charge in [0, 0.05) is 42.0 Å². The maximum atomic E-state index is 15.0. The summed E-state index contributed by atoms with van der Waals surface area (Å²) in [6, 6.07) is 5.61. The molecule has 2 aliphatic heterocycles. The molecule has 1 aromatic carbocycles. The minimum Gasteiger partial charge on any atom is -0.507 e. The molecule has 4 heterocycles. The van der Waals surface area contributed by atoms with E-state index >= 15 is 0 Å². The predicted molar refractivity (Wildman–Crippen MR) is 113 cm³/mol. The van der Waals surface area contributed by atoms with Crippen molar-refractivity contribution in [3.05, 3.63) is 61.6 Å². The van der Waals surface area contributed by atoms with Crippen LogP contribution in [0.1, 0.15) is 31.4 Å². The normalized spacial score (nSPS) is 25.8. The number of imidazole rings is 1. The van der Waals surface area contributed by atoms with Crippen LogP contribution in [0.3, 0.4) is 0 Å². The highest BCUT2D eigenvalue weighted by Gasteiger charge is 2.41. The molecule has 30 heavy (non-hydrogen) atoms. The molecule has 3 aromatic rings. The van der Waals surface area contributed by atoms with Crippen molar-refractivity contribution < 1.29 is 9.50 Å². The van der Waals surface area contributed by atoms with Crippen molar-refractivity contribution in [2.75, 3.05) is 0 Å². The summed E-state index contributed by atoms with van der Waals surface area (Å²) in [5, 5.41) is 13.9. The highest BCUT2D eigenvalue weighted by atomic mass is 19.1. The molecule has 2 aromatic heterocycles. The maximum Gasteiger partial charge on any atom is 0.127 e. The number of phenols is 1. The van der Waals surface area contributed by atoms with E-state index in [2.05, 4.69) is 26.8 Å². The number of allylic oxidation sites excluding steroid dienone is 1. The molecule has 2 N–H and O–H groups in total. The predicted octanol–water partition coefficient (Wildman–Crippen LogP) is 3.92. The molecule has 0 saturated carbocycles. The van der Waals surface area contributed by atoms with Gasteiger partial charge in [-0.1, -0.05) is 13.0 Å². The summed E-state index contributed by atoms with van der Waals surface area (Å²) in [5.41, 5.74) is 3.26. The smallest absolute Gasteiger partial charge is 0.127 e. The Hall–Kier alpha value is -3.06. The summed E-state index contributed by atoms with van der Waals surface area (Å²) in [6.07, 6.45) is 11.2. The number of alkyl halides is 1. The second-order valence-electron chi connectivity index (χ2n) is 8.17. The highest BCUT2D eigenvalue weighted by Crippen LogP contribution is 2.38. The monoisotopic (exact) mass is 405 g/mol. The number of nitrogens with zero attached hydrogens (tertiary/aromatic N) is 4. The van der Waals surface area contributed by atoms with Crippen LogP contribution in [0.15, 0.2) is 55.9 Å². The Balaban J connectivity index is 1.36. The van der Waals surface area contributed by atoms with E-state index < -0.39 is 6.17 Å². The van der Waals surface area contributed by atoms with Crippen molar-refractivity contribution in [1.82, 2.24) is 24.8 Å². The van der Waals surface area contributed by atoms with Gasteiger partial charge in [-0.15, -0.1) is 0 Å². The maximum absolute atomic E-state index is 15.0. The molecule has 4 atom stereocenters. The van der Waals surface area contributed by atoms with E-state index in [1.165, 1.54) is 0 Å². The van der Waals surface area contributed by atoms with Crippen LogP contribution in [-0.2, 0) is 0 Å². The number of aromatic nitrogens is 4.